The number of amides is 1. The number of fused-ring (bicyclic) bond motifs is 2. The van der Waals surface area contributed by atoms with Gasteiger partial charge in [0.15, 0.2) is 11.7 Å². The zero-order valence-corrected chi connectivity index (χ0v) is 18.0. The fraction of sp³-hybridized carbons (Fsp3) is 0.136. The molecule has 31 heavy (non-hydrogen) atoms. The summed E-state index contributed by atoms with van der Waals surface area (Å²) in [7, 11) is -4.03. The van der Waals surface area contributed by atoms with Crippen LogP contribution in [0.25, 0.3) is 0 Å². The highest BCUT2D eigenvalue weighted by atomic mass is 32.2. The number of aryl methyl sites for hydroxylation is 1. The average molecular weight is 452 g/mol. The number of rotatable bonds is 3. The molecule has 1 aromatic heterocycles. The molecule has 5 rings (SSSR count). The Morgan fingerprint density at radius 3 is 2.71 bits per heavy atom. The molecule has 0 fully saturated rings. The van der Waals surface area contributed by atoms with Gasteiger partial charge in [0.25, 0.3) is 10.0 Å². The number of hydrogen-bond donors (Lipinski definition) is 1. The van der Waals surface area contributed by atoms with Gasteiger partial charge in [0, 0.05) is 0 Å². The van der Waals surface area contributed by atoms with Crippen LogP contribution < -0.4 is 10.2 Å². The molecule has 9 heteroatoms. The number of para-hydroxylation sites is 1. The van der Waals surface area contributed by atoms with E-state index in [-0.39, 0.29) is 17.3 Å². The Morgan fingerprint density at radius 2 is 1.90 bits per heavy atom. The maximum Gasteiger partial charge on any atom is 0.286 e. The van der Waals surface area contributed by atoms with E-state index in [0.717, 1.165) is 11.1 Å². The molecule has 1 amide bonds. The molecular weight excluding hydrogens is 434 g/mol. The summed E-state index contributed by atoms with van der Waals surface area (Å²) in [5.74, 6) is -2.46. The highest BCUT2D eigenvalue weighted by molar-refractivity contribution is 7.90. The molecule has 0 saturated heterocycles. The molecule has 0 aliphatic carbocycles. The molecule has 0 bridgehead atoms. The maximum atomic E-state index is 13.5. The minimum absolute atomic E-state index is 0.0166. The SMILES string of the molecule is Cc1cccc(CN2C(=O)C(C3=NS(=O)(=O)c4ccccc4N3)C(=O)c3sccc32)c1. The van der Waals surface area contributed by atoms with E-state index >= 15 is 0 Å². The molecule has 1 atom stereocenters. The fourth-order valence-corrected chi connectivity index (χ4v) is 5.90. The summed E-state index contributed by atoms with van der Waals surface area (Å²) in [5, 5.41) is 4.66. The van der Waals surface area contributed by atoms with Crippen LogP contribution in [0, 0.1) is 12.8 Å². The lowest BCUT2D eigenvalue weighted by atomic mass is 9.93. The van der Waals surface area contributed by atoms with Crippen molar-refractivity contribution in [1.82, 2.24) is 0 Å². The van der Waals surface area contributed by atoms with E-state index in [1.165, 1.54) is 22.3 Å². The summed E-state index contributed by atoms with van der Waals surface area (Å²) in [6.45, 7) is 2.23. The molecule has 2 aliphatic heterocycles. The topological polar surface area (TPSA) is 95.9 Å². The molecule has 0 saturated carbocycles. The summed E-state index contributed by atoms with van der Waals surface area (Å²) in [6.07, 6.45) is 0. The van der Waals surface area contributed by atoms with Gasteiger partial charge in [0.05, 0.1) is 22.8 Å². The summed E-state index contributed by atoms with van der Waals surface area (Å²) in [5.41, 5.74) is 2.81. The predicted molar refractivity (Wildman–Crippen MR) is 119 cm³/mol. The van der Waals surface area contributed by atoms with Crippen molar-refractivity contribution in [2.75, 3.05) is 10.2 Å². The standard InChI is InChI=1S/C22H17N3O4S2/c1-13-5-4-6-14(11-13)12-25-16-9-10-30-20(16)19(26)18(22(25)27)21-23-15-7-2-3-8-17(15)31(28,29)24-21/h2-11,18H,12H2,1H3,(H,23,24). The number of carbonyl (C=O) groups is 2. The van der Waals surface area contributed by atoms with Gasteiger partial charge in [0.1, 0.15) is 10.7 Å². The monoisotopic (exact) mass is 451 g/mol. The van der Waals surface area contributed by atoms with Crippen molar-refractivity contribution in [3.8, 4) is 0 Å². The van der Waals surface area contributed by atoms with Crippen LogP contribution in [-0.4, -0.2) is 25.9 Å². The van der Waals surface area contributed by atoms with Crippen LogP contribution in [0.2, 0.25) is 0 Å². The number of carbonyl (C=O) groups excluding carboxylic acids is 2. The number of anilines is 2. The van der Waals surface area contributed by atoms with Gasteiger partial charge < -0.3 is 10.2 Å². The van der Waals surface area contributed by atoms with Crippen molar-refractivity contribution >= 4 is 50.3 Å². The second kappa shape index (κ2) is 7.14. The summed E-state index contributed by atoms with van der Waals surface area (Å²) in [4.78, 5) is 28.7. The quantitative estimate of drug-likeness (QED) is 0.614. The predicted octanol–water partition coefficient (Wildman–Crippen LogP) is 3.62. The molecule has 3 heterocycles. The zero-order chi connectivity index (χ0) is 21.8. The number of nitrogens with zero attached hydrogens (tertiary/aromatic N) is 2. The third kappa shape index (κ3) is 3.26. The van der Waals surface area contributed by atoms with Crippen LogP contribution in [0.4, 0.5) is 11.4 Å². The molecular formula is C22H17N3O4S2. The molecule has 1 N–H and O–H groups in total. The van der Waals surface area contributed by atoms with Crippen molar-refractivity contribution in [1.29, 1.82) is 0 Å². The van der Waals surface area contributed by atoms with Crippen molar-refractivity contribution in [2.24, 2.45) is 10.3 Å². The lowest BCUT2D eigenvalue weighted by Crippen LogP contribution is -2.49. The van der Waals surface area contributed by atoms with E-state index in [0.29, 0.717) is 16.3 Å². The van der Waals surface area contributed by atoms with E-state index in [2.05, 4.69) is 9.71 Å². The van der Waals surface area contributed by atoms with Crippen molar-refractivity contribution in [3.05, 3.63) is 76.0 Å². The first-order chi connectivity index (χ1) is 14.8. The van der Waals surface area contributed by atoms with Gasteiger partial charge in [-0.3, -0.25) is 9.59 Å². The minimum atomic E-state index is -4.03. The lowest BCUT2D eigenvalue weighted by molar-refractivity contribution is -0.119. The first-order valence-electron chi connectivity index (χ1n) is 9.55. The Balaban J connectivity index is 1.58. The average Bonchev–Trinajstić information content (AvgIpc) is 3.21. The highest BCUT2D eigenvalue weighted by Gasteiger charge is 2.45. The van der Waals surface area contributed by atoms with Gasteiger partial charge in [0.2, 0.25) is 5.91 Å². The zero-order valence-electron chi connectivity index (χ0n) is 16.4. The second-order valence-corrected chi connectivity index (χ2v) is 9.91. The van der Waals surface area contributed by atoms with Crippen molar-refractivity contribution in [3.63, 3.8) is 0 Å². The summed E-state index contributed by atoms with van der Waals surface area (Å²) in [6, 6.07) is 15.8. The molecule has 2 aromatic carbocycles. The number of ketones is 1. The van der Waals surface area contributed by atoms with Crippen LogP contribution in [0.1, 0.15) is 20.8 Å². The van der Waals surface area contributed by atoms with Gasteiger partial charge in [-0.05, 0) is 36.1 Å². The van der Waals surface area contributed by atoms with Crippen molar-refractivity contribution < 1.29 is 18.0 Å². The molecule has 3 aromatic rings. The maximum absolute atomic E-state index is 13.5. The van der Waals surface area contributed by atoms with E-state index in [1.807, 2.05) is 31.2 Å². The van der Waals surface area contributed by atoms with Gasteiger partial charge in [-0.15, -0.1) is 15.7 Å². The van der Waals surface area contributed by atoms with Crippen LogP contribution in [-0.2, 0) is 21.4 Å². The summed E-state index contributed by atoms with van der Waals surface area (Å²) < 4.78 is 29.2. The third-order valence-electron chi connectivity index (χ3n) is 5.28. The first-order valence-corrected chi connectivity index (χ1v) is 11.9. The Morgan fingerprint density at radius 1 is 1.10 bits per heavy atom. The molecule has 156 valence electrons. The minimum Gasteiger partial charge on any atom is -0.341 e. The van der Waals surface area contributed by atoms with E-state index in [4.69, 9.17) is 0 Å². The normalized spacial score (nSPS) is 19.3. The molecule has 7 nitrogen and oxygen atoms in total. The first kappa shape index (κ1) is 19.7. The van der Waals surface area contributed by atoms with Gasteiger partial charge in [-0.2, -0.15) is 8.42 Å². The number of Topliss-reactive ketones (excluding diaryl/α,β-unsaturated/α-hetero) is 1. The molecule has 2 aliphatic rings. The number of thiophene rings is 1. The number of hydrogen-bond acceptors (Lipinski definition) is 6. The smallest absolute Gasteiger partial charge is 0.286 e. The number of amidine groups is 1. The Kier molecular flexibility index (Phi) is 4.53. The highest BCUT2D eigenvalue weighted by Crippen LogP contribution is 2.38. The third-order valence-corrected chi connectivity index (χ3v) is 7.54. The van der Waals surface area contributed by atoms with Crippen LogP contribution in [0.5, 0.6) is 0 Å². The molecule has 1 unspecified atom stereocenters. The number of benzene rings is 2. The Hall–Kier alpha value is -3.30. The van der Waals surface area contributed by atoms with E-state index < -0.39 is 27.6 Å². The van der Waals surface area contributed by atoms with Gasteiger partial charge in [-0.1, -0.05) is 42.0 Å². The number of sulfonamides is 1. The molecule has 0 radical (unpaired) electrons. The summed E-state index contributed by atoms with van der Waals surface area (Å²) >= 11 is 1.23. The van der Waals surface area contributed by atoms with Crippen LogP contribution in [0.3, 0.4) is 0 Å². The number of nitrogens with one attached hydrogen (secondary N) is 1. The Bertz CT molecular complexity index is 1370. The lowest BCUT2D eigenvalue weighted by Gasteiger charge is -2.33. The second-order valence-electron chi connectivity index (χ2n) is 7.42. The van der Waals surface area contributed by atoms with Gasteiger partial charge in [-0.25, -0.2) is 0 Å². The van der Waals surface area contributed by atoms with Crippen molar-refractivity contribution in [2.45, 2.75) is 18.4 Å². The van der Waals surface area contributed by atoms with Crippen LogP contribution >= 0.6 is 11.3 Å². The molecule has 0 spiro atoms. The van der Waals surface area contributed by atoms with E-state index in [9.17, 15) is 18.0 Å². The largest absolute Gasteiger partial charge is 0.341 e. The van der Waals surface area contributed by atoms with Crippen LogP contribution in [0.15, 0.2) is 69.3 Å². The Labute approximate surface area is 183 Å². The van der Waals surface area contributed by atoms with Gasteiger partial charge >= 0.3 is 0 Å². The van der Waals surface area contributed by atoms with E-state index in [1.54, 1.807) is 29.6 Å². The fourth-order valence-electron chi connectivity index (χ4n) is 3.87.